The molecule has 0 radical (unpaired) electrons. The summed E-state index contributed by atoms with van der Waals surface area (Å²) in [5.41, 5.74) is 0.255. The average Bonchev–Trinajstić information content (AvgIpc) is 2.99. The number of hydrogen-bond donors (Lipinski definition) is 1. The van der Waals surface area contributed by atoms with E-state index in [0.29, 0.717) is 11.6 Å². The minimum Gasteiger partial charge on any atom is -0.379 e. The van der Waals surface area contributed by atoms with Crippen molar-refractivity contribution in [2.24, 2.45) is 0 Å². The second kappa shape index (κ2) is 5.96. The molecule has 7 heteroatoms. The van der Waals surface area contributed by atoms with Gasteiger partial charge in [-0.15, -0.1) is 11.8 Å². The first kappa shape index (κ1) is 15.2. The number of likely N-dealkylation sites (tertiary alicyclic amines) is 1. The van der Waals surface area contributed by atoms with Gasteiger partial charge in [0, 0.05) is 55.8 Å². The molecule has 1 amide bonds. The summed E-state index contributed by atoms with van der Waals surface area (Å²) in [5, 5.41) is 0. The predicted octanol–water partition coefficient (Wildman–Crippen LogP) is 0.407. The molecule has 1 aromatic heterocycles. The molecule has 6 nitrogen and oxygen atoms in total. The zero-order valence-corrected chi connectivity index (χ0v) is 13.8. The molecular formula is C16H21N3O3S. The highest BCUT2D eigenvalue weighted by Crippen LogP contribution is 2.46. The summed E-state index contributed by atoms with van der Waals surface area (Å²) in [5.74, 6) is 1.12. The number of H-pyrrole nitrogens is 1. The van der Waals surface area contributed by atoms with Crippen LogP contribution in [-0.4, -0.2) is 76.6 Å². The summed E-state index contributed by atoms with van der Waals surface area (Å²) in [6.07, 6.45) is 2.68. The second-order valence-corrected chi connectivity index (χ2v) is 8.09. The Bertz CT molecular complexity index is 650. The van der Waals surface area contributed by atoms with E-state index >= 15 is 0 Å². The smallest absolute Gasteiger partial charge is 0.254 e. The Morgan fingerprint density at radius 3 is 2.87 bits per heavy atom. The van der Waals surface area contributed by atoms with Crippen molar-refractivity contribution in [2.45, 2.75) is 17.2 Å². The molecule has 0 saturated carbocycles. The van der Waals surface area contributed by atoms with Crippen molar-refractivity contribution >= 4 is 17.7 Å². The van der Waals surface area contributed by atoms with Crippen molar-refractivity contribution in [1.82, 2.24) is 14.8 Å². The van der Waals surface area contributed by atoms with Crippen LogP contribution in [-0.2, 0) is 4.74 Å². The molecule has 1 aromatic rings. The van der Waals surface area contributed by atoms with Gasteiger partial charge >= 0.3 is 0 Å². The SMILES string of the molecule is O=C(c1cc[nH]c(=O)c1)N1CC2(CC(N3CCOCC3)CS2)C1. The van der Waals surface area contributed by atoms with Crippen molar-refractivity contribution in [3.05, 3.63) is 34.2 Å². The summed E-state index contributed by atoms with van der Waals surface area (Å²) < 4.78 is 5.65. The van der Waals surface area contributed by atoms with Gasteiger partial charge in [0.1, 0.15) is 0 Å². The van der Waals surface area contributed by atoms with E-state index in [2.05, 4.69) is 9.88 Å². The number of aromatic amines is 1. The number of amides is 1. The lowest BCUT2D eigenvalue weighted by Crippen LogP contribution is -2.61. The first-order valence-electron chi connectivity index (χ1n) is 8.09. The van der Waals surface area contributed by atoms with E-state index < -0.39 is 0 Å². The zero-order valence-electron chi connectivity index (χ0n) is 13.0. The summed E-state index contributed by atoms with van der Waals surface area (Å²) in [4.78, 5) is 30.7. The lowest BCUT2D eigenvalue weighted by molar-refractivity contribution is 0.0137. The molecule has 0 bridgehead atoms. The molecule has 124 valence electrons. The molecule has 1 spiro atoms. The first-order chi connectivity index (χ1) is 11.2. The van der Waals surface area contributed by atoms with Crippen LogP contribution in [0.1, 0.15) is 16.8 Å². The lowest BCUT2D eigenvalue weighted by atomic mass is 9.90. The number of nitrogens with one attached hydrogen (secondary N) is 1. The Balaban J connectivity index is 1.36. The maximum absolute atomic E-state index is 12.4. The summed E-state index contributed by atoms with van der Waals surface area (Å²) >= 11 is 2.01. The van der Waals surface area contributed by atoms with E-state index in [1.807, 2.05) is 16.7 Å². The van der Waals surface area contributed by atoms with Crippen LogP contribution in [0.2, 0.25) is 0 Å². The van der Waals surface area contributed by atoms with Crippen molar-refractivity contribution in [3.8, 4) is 0 Å². The minimum atomic E-state index is -0.228. The van der Waals surface area contributed by atoms with E-state index in [4.69, 9.17) is 4.74 Å². The Labute approximate surface area is 139 Å². The van der Waals surface area contributed by atoms with E-state index in [9.17, 15) is 9.59 Å². The molecule has 1 unspecified atom stereocenters. The molecule has 3 saturated heterocycles. The number of pyridine rings is 1. The van der Waals surface area contributed by atoms with Gasteiger partial charge in [0.15, 0.2) is 0 Å². The molecule has 3 fully saturated rings. The quantitative estimate of drug-likeness (QED) is 0.848. The number of hydrogen-bond acceptors (Lipinski definition) is 5. The number of carbonyl (C=O) groups excluding carboxylic acids is 1. The molecular weight excluding hydrogens is 314 g/mol. The predicted molar refractivity (Wildman–Crippen MR) is 89.0 cm³/mol. The Hall–Kier alpha value is -1.31. The fourth-order valence-electron chi connectivity index (χ4n) is 3.77. The van der Waals surface area contributed by atoms with Gasteiger partial charge in [-0.1, -0.05) is 0 Å². The van der Waals surface area contributed by atoms with Gasteiger partial charge in [0.05, 0.1) is 18.0 Å². The van der Waals surface area contributed by atoms with E-state index in [-0.39, 0.29) is 16.2 Å². The van der Waals surface area contributed by atoms with Gasteiger partial charge in [0.2, 0.25) is 5.56 Å². The zero-order chi connectivity index (χ0) is 15.9. The number of morpholine rings is 1. The van der Waals surface area contributed by atoms with Crippen LogP contribution >= 0.6 is 11.8 Å². The molecule has 23 heavy (non-hydrogen) atoms. The van der Waals surface area contributed by atoms with Crippen molar-refractivity contribution in [3.63, 3.8) is 0 Å². The van der Waals surface area contributed by atoms with Crippen LogP contribution in [0, 0.1) is 0 Å². The summed E-state index contributed by atoms with van der Waals surface area (Å²) in [6, 6.07) is 3.67. The fraction of sp³-hybridized carbons (Fsp3) is 0.625. The molecule has 1 N–H and O–H groups in total. The highest BCUT2D eigenvalue weighted by molar-refractivity contribution is 8.01. The van der Waals surface area contributed by atoms with Crippen LogP contribution in [0.3, 0.4) is 0 Å². The number of rotatable bonds is 2. The van der Waals surface area contributed by atoms with Crippen molar-refractivity contribution in [2.75, 3.05) is 45.1 Å². The van der Waals surface area contributed by atoms with Gasteiger partial charge < -0.3 is 14.6 Å². The third-order valence-electron chi connectivity index (χ3n) is 5.02. The van der Waals surface area contributed by atoms with Crippen molar-refractivity contribution < 1.29 is 9.53 Å². The molecule has 0 aliphatic carbocycles. The number of nitrogens with zero attached hydrogens (tertiary/aromatic N) is 2. The van der Waals surface area contributed by atoms with Gasteiger partial charge in [-0.3, -0.25) is 14.5 Å². The third-order valence-corrected chi connectivity index (χ3v) is 6.61. The largest absolute Gasteiger partial charge is 0.379 e. The van der Waals surface area contributed by atoms with Gasteiger partial charge in [-0.25, -0.2) is 0 Å². The number of aromatic nitrogens is 1. The van der Waals surface area contributed by atoms with Crippen LogP contribution in [0.4, 0.5) is 0 Å². The van der Waals surface area contributed by atoms with Crippen LogP contribution in [0.15, 0.2) is 23.1 Å². The lowest BCUT2D eigenvalue weighted by Gasteiger charge is -2.48. The molecule has 0 aromatic carbocycles. The van der Waals surface area contributed by atoms with Gasteiger partial charge in [-0.2, -0.15) is 0 Å². The van der Waals surface area contributed by atoms with Crippen LogP contribution in [0.5, 0.6) is 0 Å². The molecule has 3 aliphatic heterocycles. The number of thioether (sulfide) groups is 1. The van der Waals surface area contributed by atoms with E-state index in [1.54, 1.807) is 6.07 Å². The van der Waals surface area contributed by atoms with Gasteiger partial charge in [-0.05, 0) is 12.5 Å². The molecule has 1 atom stereocenters. The number of ether oxygens (including phenoxy) is 1. The molecule has 4 rings (SSSR count). The topological polar surface area (TPSA) is 65.6 Å². The van der Waals surface area contributed by atoms with Crippen LogP contribution in [0.25, 0.3) is 0 Å². The average molecular weight is 335 g/mol. The highest BCUT2D eigenvalue weighted by Gasteiger charge is 2.51. The van der Waals surface area contributed by atoms with Gasteiger partial charge in [0.25, 0.3) is 5.91 Å². The van der Waals surface area contributed by atoms with E-state index in [1.165, 1.54) is 12.3 Å². The minimum absolute atomic E-state index is 0.0304. The molecule has 4 heterocycles. The molecule has 3 aliphatic rings. The monoisotopic (exact) mass is 335 g/mol. The highest BCUT2D eigenvalue weighted by atomic mass is 32.2. The second-order valence-electron chi connectivity index (χ2n) is 6.60. The maximum Gasteiger partial charge on any atom is 0.254 e. The number of carbonyl (C=O) groups is 1. The summed E-state index contributed by atoms with van der Waals surface area (Å²) in [7, 11) is 0. The van der Waals surface area contributed by atoms with Crippen molar-refractivity contribution in [1.29, 1.82) is 0 Å². The normalized spacial score (nSPS) is 27.1. The first-order valence-corrected chi connectivity index (χ1v) is 9.08. The Morgan fingerprint density at radius 1 is 1.35 bits per heavy atom. The Kier molecular flexibility index (Phi) is 3.95. The standard InChI is InChI=1S/C16H21N3O3S/c20-14-7-12(1-2-17-14)15(21)19-10-16(11-19)8-13(9-23-16)18-3-5-22-6-4-18/h1-2,7,13H,3-6,8-11H2,(H,17,20). The summed E-state index contributed by atoms with van der Waals surface area (Å²) in [6.45, 7) is 5.31. The third kappa shape index (κ3) is 2.93. The fourth-order valence-corrected chi connectivity index (χ4v) is 5.45. The Morgan fingerprint density at radius 2 is 2.13 bits per heavy atom. The van der Waals surface area contributed by atoms with E-state index in [0.717, 1.165) is 51.6 Å². The maximum atomic E-state index is 12.4. The van der Waals surface area contributed by atoms with Crippen LogP contribution < -0.4 is 5.56 Å².